The molecule has 5 aliphatic rings. The Bertz CT molecular complexity index is 5830. The quantitative estimate of drug-likeness (QED) is 0.0170. The molecule has 44 heteroatoms. The number of phosphoric acid groups is 3. The number of aromatic amines is 2. The van der Waals surface area contributed by atoms with Gasteiger partial charge >= 0.3 is 40.8 Å². The second-order valence-electron chi connectivity index (χ2n) is 27.0. The van der Waals surface area contributed by atoms with Crippen LogP contribution >= 0.6 is 23.5 Å². The molecule has 10 N–H and O–H groups in total. The standard InChI is InChI=1S/C65H69N10O29P3S2/c1-34-25-74(62(81)67-58(34)76)55-21-52(103-106(86,87)98-28-40-12-9-15-96-40)54(102-55)30-99-107(88,89)104-51-22-56(101-53(51)29-97-105(83,84)85)75-26-36(60(78)68-63(75)82)10-8-11-39-27-73(70-69-39)33-66-59(77)35-13-14-41(44(16-35)61(79)80)57-45-17-42-37(31-108(90,91)92)23-64(2,3)71(6)47(42)19-49(45)100-50-20-48-43(18-46(50)57)38(32-109(93,94)95)24-65(4,5)72(48)7/h9,12-20,23-27,51-56H,11,21-22,28-33H2,1-7H3,(H9-,66,67,68,76,77,78,79,80,81,82,83,84,85,86,87,88,89,90,91,92,93,94,95)/p+1/t51?,52?,53-,54-,55-,56-/m1/s1. The monoisotopic (exact) mass is 1610 g/mol. The van der Waals surface area contributed by atoms with Gasteiger partial charge in [0.05, 0.1) is 60.5 Å². The van der Waals surface area contributed by atoms with E-state index >= 15 is 0 Å². The third-order valence-electron chi connectivity index (χ3n) is 18.5. The minimum absolute atomic E-state index is 0.0318. The number of amides is 1. The Balaban J connectivity index is 0.755. The van der Waals surface area contributed by atoms with Crippen molar-refractivity contribution in [2.75, 3.05) is 43.7 Å². The number of likely N-dealkylation sites (N-methyl/N-ethyl adjacent to an activating group) is 2. The van der Waals surface area contributed by atoms with Crippen LogP contribution in [0, 0.1) is 18.8 Å². The number of aromatic carboxylic acids is 1. The van der Waals surface area contributed by atoms with Crippen LogP contribution in [0.15, 0.2) is 115 Å². The van der Waals surface area contributed by atoms with Gasteiger partial charge in [0.25, 0.3) is 37.3 Å². The SMILES string of the molecule is Cc1cn([C@H]2CC(OP(=O)(O)OCc3ccco3)[C@@H](COP(=O)(O)OC3C[C@H](n4cc(C#CCc5cn(CNC(=O)c6ccc(C7=c8cc9c(cc8Oc8cc%10c(cc87)C(CS(=O)(=O)O)=CC(C)(C)N%10C)=[N+](C)C(C)(C)C=C9CS(=O)(=O)O)c(C(=O)O)c6)nn5)c(=O)[nH]c4=O)O[C@@H]3COP(=O)(O)O)O2)c(=O)[nH]c1=O. The molecule has 0 bridgehead atoms. The van der Waals surface area contributed by atoms with E-state index in [1.54, 1.807) is 50.5 Å². The van der Waals surface area contributed by atoms with Crippen molar-refractivity contribution in [3.05, 3.63) is 200 Å². The normalized spacial score (nSPS) is 21.1. The van der Waals surface area contributed by atoms with Crippen LogP contribution in [0.3, 0.4) is 0 Å². The fourth-order valence-corrected chi connectivity index (χ4v) is 16.5. The molecule has 5 aliphatic heterocycles. The molecular formula is C65H70N10O29P3S2+. The van der Waals surface area contributed by atoms with E-state index in [-0.39, 0.29) is 85.8 Å². The van der Waals surface area contributed by atoms with Crippen molar-refractivity contribution < 1.29 is 115 Å². The second-order valence-corrected chi connectivity index (χ2v) is 33.9. The highest BCUT2D eigenvalue weighted by Crippen LogP contribution is 2.53. The van der Waals surface area contributed by atoms with Crippen LogP contribution in [-0.2, 0) is 85.7 Å². The Hall–Kier alpha value is -9.24. The maximum absolute atomic E-state index is 14.0. The molecule has 4 aromatic heterocycles. The molecule has 4 unspecified atom stereocenters. The van der Waals surface area contributed by atoms with Gasteiger partial charge in [-0.05, 0) is 80.0 Å². The second kappa shape index (κ2) is 29.9. The third kappa shape index (κ3) is 18.0. The number of hydrogen-bond acceptors (Lipinski definition) is 25. The van der Waals surface area contributed by atoms with Crippen LogP contribution in [0.25, 0.3) is 16.7 Å². The van der Waals surface area contributed by atoms with Crippen LogP contribution in [0.5, 0.6) is 11.5 Å². The summed E-state index contributed by atoms with van der Waals surface area (Å²) in [5.74, 6) is 1.97. The van der Waals surface area contributed by atoms with Crippen LogP contribution in [0.4, 0.5) is 5.69 Å². The number of fused-ring (bicyclic) bond motifs is 4. The van der Waals surface area contributed by atoms with Crippen LogP contribution in [0.2, 0.25) is 0 Å². The minimum atomic E-state index is -5.42. The van der Waals surface area contributed by atoms with E-state index in [0.29, 0.717) is 22.2 Å². The molecule has 1 amide bonds. The number of anilines is 1. The molecule has 0 radical (unpaired) electrons. The van der Waals surface area contributed by atoms with E-state index in [4.69, 9.17) is 36.7 Å². The van der Waals surface area contributed by atoms with Gasteiger partial charge in [0.1, 0.15) is 91.5 Å². The lowest BCUT2D eigenvalue weighted by atomic mass is 9.83. The summed E-state index contributed by atoms with van der Waals surface area (Å²) in [6.07, 6.45) is -2.49. The highest BCUT2D eigenvalue weighted by Gasteiger charge is 2.47. The Morgan fingerprint density at radius 2 is 1.39 bits per heavy atom. The number of carbonyl (C=O) groups is 2. The molecule has 109 heavy (non-hydrogen) atoms. The fourth-order valence-electron chi connectivity index (χ4n) is 13.0. The predicted octanol–water partition coefficient (Wildman–Crippen LogP) is 2.19. The number of hydrogen-bond donors (Lipinski definition) is 10. The van der Waals surface area contributed by atoms with Gasteiger partial charge in [0.15, 0.2) is 5.54 Å². The van der Waals surface area contributed by atoms with E-state index in [1.807, 2.05) is 37.2 Å². The number of ether oxygens (including phenoxy) is 3. The number of phosphoric ester groups is 3. The Morgan fingerprint density at radius 1 is 0.761 bits per heavy atom. The number of aromatic nitrogens is 7. The number of aryl methyl sites for hydroxylation is 1. The first-order chi connectivity index (χ1) is 50.9. The number of furan rings is 1. The summed E-state index contributed by atoms with van der Waals surface area (Å²) in [5, 5.41) is 22.5. The molecule has 12 rings (SSSR count). The Kier molecular flexibility index (Phi) is 21.7. The number of carbonyl (C=O) groups excluding carboxylic acids is 1. The lowest BCUT2D eigenvalue weighted by molar-refractivity contribution is -0.0573. The van der Waals surface area contributed by atoms with Gasteiger partial charge in [-0.1, -0.05) is 29.2 Å². The van der Waals surface area contributed by atoms with Crippen molar-refractivity contribution in [2.24, 2.45) is 0 Å². The van der Waals surface area contributed by atoms with Gasteiger partial charge in [-0.3, -0.25) is 65.2 Å². The summed E-state index contributed by atoms with van der Waals surface area (Å²) in [6.45, 7) is 5.80. The summed E-state index contributed by atoms with van der Waals surface area (Å²) in [4.78, 5) is 126. The zero-order valence-electron chi connectivity index (χ0n) is 58.4. The van der Waals surface area contributed by atoms with Gasteiger partial charge in [0.2, 0.25) is 5.36 Å². The van der Waals surface area contributed by atoms with E-state index < -0.39 is 176 Å². The van der Waals surface area contributed by atoms with Crippen molar-refractivity contribution in [1.29, 1.82) is 0 Å². The average molecular weight is 1610 g/mol. The maximum atomic E-state index is 14.0. The molecule has 7 aromatic rings. The number of nitrogens with one attached hydrogen (secondary N) is 3. The highest BCUT2D eigenvalue weighted by atomic mass is 32.2. The third-order valence-corrected chi connectivity index (χ3v) is 22.3. The number of rotatable bonds is 25. The van der Waals surface area contributed by atoms with E-state index in [9.17, 15) is 93.1 Å². The topological polar surface area (TPSA) is 541 Å². The molecule has 39 nitrogen and oxygen atoms in total. The average Bonchev–Trinajstić information content (AvgIpc) is 1.27. The first-order valence-electron chi connectivity index (χ1n) is 32.7. The smallest absolute Gasteiger partial charge is 0.472 e. The van der Waals surface area contributed by atoms with Crippen molar-refractivity contribution in [2.45, 2.75) is 115 Å². The summed E-state index contributed by atoms with van der Waals surface area (Å²) in [7, 11) is -21.4. The van der Waals surface area contributed by atoms with Crippen molar-refractivity contribution >= 4 is 78.0 Å². The molecule has 0 spiro atoms. The maximum Gasteiger partial charge on any atom is 0.472 e. The Morgan fingerprint density at radius 3 is 2.01 bits per heavy atom. The van der Waals surface area contributed by atoms with Crippen molar-refractivity contribution in [1.82, 2.24) is 44.0 Å². The van der Waals surface area contributed by atoms with Gasteiger partial charge in [0, 0.05) is 90.9 Å². The number of carboxylic acid groups (broad SMARTS) is 1. The predicted molar refractivity (Wildman–Crippen MR) is 379 cm³/mol. The zero-order chi connectivity index (χ0) is 79.0. The molecule has 8 atom stereocenters. The molecule has 0 aliphatic carbocycles. The lowest BCUT2D eigenvalue weighted by Gasteiger charge is -2.41. The Labute approximate surface area is 616 Å². The summed E-state index contributed by atoms with van der Waals surface area (Å²) >= 11 is 0. The van der Waals surface area contributed by atoms with Crippen LogP contribution in [-0.4, -0.2) is 171 Å². The summed E-state index contributed by atoms with van der Waals surface area (Å²) in [5.41, 5.74) is -3.96. The molecule has 2 saturated heterocycles. The van der Waals surface area contributed by atoms with Gasteiger partial charge in [-0.15, -0.1) is 5.10 Å². The van der Waals surface area contributed by atoms with Crippen LogP contribution in [0.1, 0.15) is 119 Å². The largest absolute Gasteiger partial charge is 0.478 e. The molecule has 580 valence electrons. The number of benzene rings is 3. The van der Waals surface area contributed by atoms with Crippen LogP contribution < -0.4 is 52.6 Å². The molecular weight excluding hydrogens is 1540 g/mol. The summed E-state index contributed by atoms with van der Waals surface area (Å²) in [6, 6.07) is 13.3. The van der Waals surface area contributed by atoms with E-state index in [1.165, 1.54) is 48.3 Å². The first kappa shape index (κ1) is 79.3. The lowest BCUT2D eigenvalue weighted by Crippen LogP contribution is -2.47. The first-order valence-corrected chi connectivity index (χ1v) is 40.4. The van der Waals surface area contributed by atoms with E-state index in [0.717, 1.165) is 27.6 Å². The van der Waals surface area contributed by atoms with Gasteiger partial charge in [-0.25, -0.2) is 37.3 Å². The molecule has 9 heterocycles. The number of nitrogens with zero attached hydrogens (tertiary/aromatic N) is 7. The number of carboxylic acids is 1. The number of H-pyrrole nitrogens is 2. The zero-order valence-corrected chi connectivity index (χ0v) is 62.7. The highest BCUT2D eigenvalue weighted by molar-refractivity contribution is 7.86. The molecule has 0 saturated carbocycles. The van der Waals surface area contributed by atoms with Gasteiger partial charge in [-0.2, -0.15) is 16.8 Å². The van der Waals surface area contributed by atoms with Gasteiger partial charge < -0.3 is 53.5 Å². The molecule has 2 fully saturated rings. The summed E-state index contributed by atoms with van der Waals surface area (Å²) < 4.78 is 163. The van der Waals surface area contributed by atoms with E-state index in [2.05, 4.69) is 42.0 Å². The van der Waals surface area contributed by atoms with Crippen molar-refractivity contribution in [3.63, 3.8) is 0 Å². The molecule has 3 aromatic carbocycles. The minimum Gasteiger partial charge on any atom is -0.478 e. The fraction of sp³-hybridized carbons (Fsp3) is 0.369. The van der Waals surface area contributed by atoms with Crippen molar-refractivity contribution in [3.8, 4) is 23.3 Å².